The van der Waals surface area contributed by atoms with Gasteiger partial charge in [0.25, 0.3) is 0 Å². The third-order valence-electron chi connectivity index (χ3n) is 0.231. The smallest absolute Gasteiger partial charge is 0.237 e. The third-order valence-corrected chi connectivity index (χ3v) is 0.231. The number of carbonyl (C=O) groups excluding carboxylic acids is 1. The molecule has 41 valence electrons. The first kappa shape index (κ1) is 6.26. The Bertz CT molecular complexity index is 83.4. The van der Waals surface area contributed by atoms with E-state index in [0.717, 1.165) is 0 Å². The maximum absolute atomic E-state index is 10.5. The first-order valence-corrected chi connectivity index (χ1v) is 1.23. The van der Waals surface area contributed by atoms with E-state index < -0.39 is 12.1 Å². The standard InChI is InChI=1S/C2F3O2/c3-2(4,5)1(6)7. The quantitative estimate of drug-likeness (QED) is 0.450. The Labute approximate surface area is 36.6 Å². The topological polar surface area (TPSA) is 37.0 Å². The molecule has 0 amide bonds. The van der Waals surface area contributed by atoms with E-state index in [1.54, 1.807) is 0 Å². The molecule has 0 aliphatic rings. The number of hydrogen-bond donors (Lipinski definition) is 0. The number of hydrogen-bond acceptors (Lipinski definition) is 1. The molecule has 0 spiro atoms. The normalized spacial score (nSPS) is 11.3. The van der Waals surface area contributed by atoms with Gasteiger partial charge in [0.1, 0.15) is 0 Å². The zero-order chi connectivity index (χ0) is 6.08. The fourth-order valence-electron chi connectivity index (χ4n) is 0. The van der Waals surface area contributed by atoms with Crippen molar-refractivity contribution in [1.29, 1.82) is 0 Å². The molecule has 0 N–H and O–H groups in total. The van der Waals surface area contributed by atoms with Crippen LogP contribution in [0.25, 0.3) is 0 Å². The maximum atomic E-state index is 10.5. The highest BCUT2D eigenvalue weighted by Crippen LogP contribution is 2.13. The third kappa shape index (κ3) is 2.02. The lowest BCUT2D eigenvalue weighted by atomic mass is 10.7. The van der Waals surface area contributed by atoms with Crippen molar-refractivity contribution in [2.75, 3.05) is 0 Å². The van der Waals surface area contributed by atoms with Gasteiger partial charge in [0, 0.05) is 0 Å². The molecule has 0 fully saturated rings. The van der Waals surface area contributed by atoms with E-state index in [1.807, 2.05) is 0 Å². The Hall–Kier alpha value is -0.740. The molecule has 0 atom stereocenters. The average Bonchev–Trinajstić information content (AvgIpc) is 1.31. The van der Waals surface area contributed by atoms with Crippen LogP contribution in [0.4, 0.5) is 13.2 Å². The first-order valence-electron chi connectivity index (χ1n) is 1.23. The molecule has 0 aromatic carbocycles. The fraction of sp³-hybridized carbons (Fsp3) is 0.500. The molecule has 0 heterocycles. The van der Waals surface area contributed by atoms with Gasteiger partial charge in [-0.25, -0.2) is 9.90 Å². The van der Waals surface area contributed by atoms with Crippen molar-refractivity contribution in [2.45, 2.75) is 6.18 Å². The molecule has 0 aliphatic heterocycles. The Morgan fingerprint density at radius 1 is 1.29 bits per heavy atom. The van der Waals surface area contributed by atoms with Crippen LogP contribution in [-0.2, 0) is 9.90 Å². The van der Waals surface area contributed by atoms with Gasteiger partial charge in [-0.3, -0.25) is 0 Å². The van der Waals surface area contributed by atoms with Gasteiger partial charge >= 0.3 is 12.1 Å². The summed E-state index contributed by atoms with van der Waals surface area (Å²) in [5.41, 5.74) is 0. The highest BCUT2D eigenvalue weighted by Gasteiger charge is 2.40. The molecule has 5 heteroatoms. The summed E-state index contributed by atoms with van der Waals surface area (Å²) < 4.78 is 31.5. The molecule has 1 radical (unpaired) electrons. The summed E-state index contributed by atoms with van der Waals surface area (Å²) in [6.07, 6.45) is -5.19. The second-order valence-corrected chi connectivity index (χ2v) is 0.785. The minimum Gasteiger partial charge on any atom is -0.237 e. The number of alkyl halides is 3. The zero-order valence-corrected chi connectivity index (χ0v) is 2.95. The largest absolute Gasteiger partial charge is 0.495 e. The summed E-state index contributed by atoms with van der Waals surface area (Å²) in [5.74, 6) is -3.01. The van der Waals surface area contributed by atoms with Gasteiger partial charge in [0.15, 0.2) is 0 Å². The molecule has 7 heavy (non-hydrogen) atoms. The predicted molar refractivity (Wildman–Crippen MR) is 11.7 cm³/mol. The summed E-state index contributed by atoms with van der Waals surface area (Å²) in [4.78, 5) is 8.78. The molecule has 0 aromatic rings. The zero-order valence-electron chi connectivity index (χ0n) is 2.95. The number of carbonyl (C=O) groups is 1. The van der Waals surface area contributed by atoms with Crippen LogP contribution in [0.3, 0.4) is 0 Å². The van der Waals surface area contributed by atoms with Crippen molar-refractivity contribution >= 4 is 5.97 Å². The van der Waals surface area contributed by atoms with Crippen LogP contribution < -0.4 is 0 Å². The van der Waals surface area contributed by atoms with Gasteiger partial charge in [-0.1, -0.05) is 0 Å². The SMILES string of the molecule is [O]C(=O)C(F)(F)F. The molecule has 0 bridgehead atoms. The van der Waals surface area contributed by atoms with Gasteiger partial charge < -0.3 is 0 Å². The Morgan fingerprint density at radius 3 is 1.43 bits per heavy atom. The second kappa shape index (κ2) is 1.40. The van der Waals surface area contributed by atoms with E-state index in [-0.39, 0.29) is 0 Å². The minimum atomic E-state index is -5.19. The monoisotopic (exact) mass is 113 g/mol. The van der Waals surface area contributed by atoms with Crippen molar-refractivity contribution in [1.82, 2.24) is 0 Å². The highest BCUT2D eigenvalue weighted by atomic mass is 19.4. The Balaban J connectivity index is 3.79. The van der Waals surface area contributed by atoms with Crippen molar-refractivity contribution in [2.24, 2.45) is 0 Å². The molecular weight excluding hydrogens is 113 g/mol. The molecule has 0 aliphatic carbocycles. The average molecular weight is 113 g/mol. The van der Waals surface area contributed by atoms with Gasteiger partial charge in [0.2, 0.25) is 0 Å². The highest BCUT2D eigenvalue weighted by molar-refractivity contribution is 5.72. The van der Waals surface area contributed by atoms with E-state index in [0.29, 0.717) is 0 Å². The summed E-state index contributed by atoms with van der Waals surface area (Å²) in [5, 5.41) is 8.78. The number of rotatable bonds is 0. The van der Waals surface area contributed by atoms with Gasteiger partial charge in [-0.15, -0.1) is 0 Å². The van der Waals surface area contributed by atoms with Crippen molar-refractivity contribution in [3.8, 4) is 0 Å². The van der Waals surface area contributed by atoms with Crippen molar-refractivity contribution < 1.29 is 23.1 Å². The van der Waals surface area contributed by atoms with Crippen LogP contribution in [0.2, 0.25) is 0 Å². The molecular formula is C2F3O2. The van der Waals surface area contributed by atoms with Crippen molar-refractivity contribution in [3.05, 3.63) is 0 Å². The van der Waals surface area contributed by atoms with E-state index in [2.05, 4.69) is 0 Å². The lowest BCUT2D eigenvalue weighted by Crippen LogP contribution is -2.19. The van der Waals surface area contributed by atoms with E-state index in [9.17, 15) is 13.2 Å². The summed E-state index contributed by atoms with van der Waals surface area (Å²) in [6.45, 7) is 0. The second-order valence-electron chi connectivity index (χ2n) is 0.785. The van der Waals surface area contributed by atoms with Crippen LogP contribution >= 0.6 is 0 Å². The Morgan fingerprint density at radius 2 is 1.43 bits per heavy atom. The van der Waals surface area contributed by atoms with Crippen LogP contribution in [0.15, 0.2) is 0 Å². The molecule has 0 saturated carbocycles. The predicted octanol–water partition coefficient (Wildman–Crippen LogP) is 0.506. The van der Waals surface area contributed by atoms with Gasteiger partial charge in [0.05, 0.1) is 0 Å². The lowest BCUT2D eigenvalue weighted by Gasteiger charge is -1.90. The van der Waals surface area contributed by atoms with Crippen molar-refractivity contribution in [3.63, 3.8) is 0 Å². The van der Waals surface area contributed by atoms with Crippen LogP contribution in [0.1, 0.15) is 0 Å². The molecule has 0 unspecified atom stereocenters. The van der Waals surface area contributed by atoms with Crippen LogP contribution in [0, 0.1) is 0 Å². The fourth-order valence-corrected chi connectivity index (χ4v) is 0. The van der Waals surface area contributed by atoms with Gasteiger partial charge in [-0.2, -0.15) is 13.2 Å². The maximum Gasteiger partial charge on any atom is 0.495 e. The Kier molecular flexibility index (Phi) is 1.25. The lowest BCUT2D eigenvalue weighted by molar-refractivity contribution is -0.199. The van der Waals surface area contributed by atoms with E-state index in [4.69, 9.17) is 9.90 Å². The first-order chi connectivity index (χ1) is 2.94. The van der Waals surface area contributed by atoms with Crippen LogP contribution in [-0.4, -0.2) is 12.1 Å². The molecule has 0 saturated heterocycles. The van der Waals surface area contributed by atoms with E-state index in [1.165, 1.54) is 0 Å². The summed E-state index contributed by atoms with van der Waals surface area (Å²) >= 11 is 0. The number of halogens is 3. The van der Waals surface area contributed by atoms with E-state index >= 15 is 0 Å². The minimum absolute atomic E-state index is 3.01. The summed E-state index contributed by atoms with van der Waals surface area (Å²) in [7, 11) is 0. The molecule has 0 aromatic heterocycles. The van der Waals surface area contributed by atoms with Crippen LogP contribution in [0.5, 0.6) is 0 Å². The molecule has 0 rings (SSSR count). The molecule has 2 nitrogen and oxygen atoms in total. The van der Waals surface area contributed by atoms with Gasteiger partial charge in [-0.05, 0) is 0 Å². The summed E-state index contributed by atoms with van der Waals surface area (Å²) in [6, 6.07) is 0.